The maximum absolute atomic E-state index is 12.0. The molecule has 4 saturated carbocycles. The average molecular weight is 631 g/mol. The van der Waals surface area contributed by atoms with E-state index in [9.17, 15) is 9.59 Å². The van der Waals surface area contributed by atoms with Crippen molar-refractivity contribution in [2.24, 2.45) is 0 Å². The fourth-order valence-corrected chi connectivity index (χ4v) is 26.0. The quantitative estimate of drug-likeness (QED) is 0.0735. The molecular formula is C36H62O5Si2. The van der Waals surface area contributed by atoms with Gasteiger partial charge in [0, 0.05) is 12.2 Å². The molecule has 0 atom stereocenters. The van der Waals surface area contributed by atoms with E-state index in [1.807, 2.05) is 0 Å². The predicted molar refractivity (Wildman–Crippen MR) is 181 cm³/mol. The number of ether oxygens (including phenoxy) is 2. The second-order valence-electron chi connectivity index (χ2n) is 14.3. The normalized spacial score (nSPS) is 22.1. The van der Waals surface area contributed by atoms with Gasteiger partial charge in [0.05, 0.1) is 13.2 Å². The van der Waals surface area contributed by atoms with Crippen LogP contribution in [0.4, 0.5) is 0 Å². The third-order valence-electron chi connectivity index (χ3n) is 11.8. The van der Waals surface area contributed by atoms with Crippen molar-refractivity contribution < 1.29 is 23.2 Å². The molecule has 0 unspecified atom stereocenters. The molecule has 43 heavy (non-hydrogen) atoms. The molecule has 0 bridgehead atoms. The van der Waals surface area contributed by atoms with Crippen molar-refractivity contribution in [3.05, 3.63) is 25.3 Å². The molecule has 4 rings (SSSR count). The van der Waals surface area contributed by atoms with Gasteiger partial charge >= 0.3 is 11.9 Å². The van der Waals surface area contributed by atoms with Crippen LogP contribution in [0.1, 0.15) is 141 Å². The zero-order valence-corrected chi connectivity index (χ0v) is 29.3. The molecule has 0 aromatic heterocycles. The highest BCUT2D eigenvalue weighted by Gasteiger charge is 2.58. The Hall–Kier alpha value is -1.19. The summed E-state index contributed by atoms with van der Waals surface area (Å²) in [5, 5.41) is 0. The van der Waals surface area contributed by atoms with Gasteiger partial charge in [-0.1, -0.05) is 142 Å². The smallest absolute Gasteiger partial charge is 0.330 e. The van der Waals surface area contributed by atoms with Crippen LogP contribution in [-0.2, 0) is 23.2 Å². The first-order valence-electron chi connectivity index (χ1n) is 18.3. The summed E-state index contributed by atoms with van der Waals surface area (Å²) in [4.78, 5) is 24.0. The van der Waals surface area contributed by atoms with E-state index < -0.39 is 16.6 Å². The third-order valence-corrected chi connectivity index (χ3v) is 25.0. The van der Waals surface area contributed by atoms with Crippen LogP contribution in [0.5, 0.6) is 0 Å². The summed E-state index contributed by atoms with van der Waals surface area (Å²) >= 11 is 0. The average Bonchev–Trinajstić information content (AvgIpc) is 3.08. The number of hydrogen-bond acceptors (Lipinski definition) is 5. The standard InChI is InChI=1S/C36H62O5Si2/c1-3-35(37)39-27-17-29-42(31-19-9-5-10-20-31,32-21-11-6-12-22-32)41-43(33-23-13-7-14-24-33,34-25-15-8-16-26-34)30-18-28-40-36(38)4-2/h3-4,31-34H,1-2,5-30H2. The Morgan fingerprint density at radius 2 is 0.791 bits per heavy atom. The molecule has 0 amide bonds. The van der Waals surface area contributed by atoms with Crippen molar-refractivity contribution in [2.75, 3.05) is 13.2 Å². The minimum atomic E-state index is -2.25. The monoisotopic (exact) mass is 630 g/mol. The molecule has 0 aromatic rings. The van der Waals surface area contributed by atoms with Crippen LogP contribution in [0.3, 0.4) is 0 Å². The fourth-order valence-electron chi connectivity index (χ4n) is 9.80. The van der Waals surface area contributed by atoms with Crippen LogP contribution < -0.4 is 0 Å². The van der Waals surface area contributed by atoms with Crippen LogP contribution in [0, 0.1) is 0 Å². The number of rotatable bonds is 16. The largest absolute Gasteiger partial charge is 0.463 e. The lowest BCUT2D eigenvalue weighted by Crippen LogP contribution is -2.61. The van der Waals surface area contributed by atoms with Crippen LogP contribution in [0.2, 0.25) is 34.3 Å². The van der Waals surface area contributed by atoms with E-state index in [1.165, 1.54) is 141 Å². The van der Waals surface area contributed by atoms with E-state index in [0.29, 0.717) is 13.2 Å². The molecule has 0 radical (unpaired) electrons. The Morgan fingerprint density at radius 1 is 0.512 bits per heavy atom. The predicted octanol–water partition coefficient (Wildman–Crippen LogP) is 10.5. The Kier molecular flexibility index (Phi) is 14.6. The van der Waals surface area contributed by atoms with Crippen molar-refractivity contribution in [1.29, 1.82) is 0 Å². The molecule has 0 aliphatic heterocycles. The van der Waals surface area contributed by atoms with Crippen molar-refractivity contribution in [1.82, 2.24) is 0 Å². The Morgan fingerprint density at radius 3 is 1.05 bits per heavy atom. The van der Waals surface area contributed by atoms with Crippen LogP contribution in [0.25, 0.3) is 0 Å². The lowest BCUT2D eigenvalue weighted by atomic mass is 9.99. The maximum Gasteiger partial charge on any atom is 0.330 e. The van der Waals surface area contributed by atoms with Crippen molar-refractivity contribution >= 4 is 28.6 Å². The summed E-state index contributed by atoms with van der Waals surface area (Å²) in [6.07, 6.45) is 31.4. The van der Waals surface area contributed by atoms with E-state index in [2.05, 4.69) is 13.2 Å². The van der Waals surface area contributed by atoms with Gasteiger partial charge in [0.25, 0.3) is 0 Å². The molecule has 0 aromatic carbocycles. The number of esters is 2. The maximum atomic E-state index is 12.0. The van der Waals surface area contributed by atoms with Gasteiger partial charge < -0.3 is 13.6 Å². The molecule has 0 saturated heterocycles. The minimum absolute atomic E-state index is 0.300. The summed E-state index contributed by atoms with van der Waals surface area (Å²) < 4.78 is 19.8. The van der Waals surface area contributed by atoms with Gasteiger partial charge in [-0.25, -0.2) is 9.59 Å². The highest BCUT2D eigenvalue weighted by atomic mass is 28.4. The fraction of sp³-hybridized carbons (Fsp3) is 0.833. The van der Waals surface area contributed by atoms with Crippen molar-refractivity contribution in [2.45, 2.75) is 176 Å². The highest BCUT2D eigenvalue weighted by Crippen LogP contribution is 2.58. The lowest BCUT2D eigenvalue weighted by molar-refractivity contribution is -0.138. The molecule has 4 aliphatic carbocycles. The van der Waals surface area contributed by atoms with E-state index >= 15 is 0 Å². The van der Waals surface area contributed by atoms with Crippen LogP contribution in [-0.4, -0.2) is 41.8 Å². The van der Waals surface area contributed by atoms with E-state index in [-0.39, 0.29) is 11.9 Å². The second kappa shape index (κ2) is 18.1. The van der Waals surface area contributed by atoms with Crippen molar-refractivity contribution in [3.8, 4) is 0 Å². The van der Waals surface area contributed by atoms with Gasteiger partial charge in [-0.15, -0.1) is 0 Å². The van der Waals surface area contributed by atoms with E-state index in [1.54, 1.807) is 0 Å². The second-order valence-corrected chi connectivity index (χ2v) is 23.2. The molecule has 0 heterocycles. The van der Waals surface area contributed by atoms with Crippen LogP contribution >= 0.6 is 0 Å². The summed E-state index contributed by atoms with van der Waals surface area (Å²) in [6, 6.07) is 2.29. The first-order valence-corrected chi connectivity index (χ1v) is 22.9. The van der Waals surface area contributed by atoms with Gasteiger partial charge in [0.15, 0.2) is 16.6 Å². The molecule has 4 aliphatic rings. The minimum Gasteiger partial charge on any atom is -0.463 e. The number of hydrogen-bond donors (Lipinski definition) is 0. The molecule has 244 valence electrons. The lowest BCUT2D eigenvalue weighted by Gasteiger charge is -2.57. The van der Waals surface area contributed by atoms with Gasteiger partial charge in [-0.3, -0.25) is 0 Å². The summed E-state index contributed by atoms with van der Waals surface area (Å²) in [5.41, 5.74) is 2.93. The molecular weight excluding hydrogens is 569 g/mol. The summed E-state index contributed by atoms with van der Waals surface area (Å²) in [6.45, 7) is 8.21. The molecule has 0 N–H and O–H groups in total. The Bertz CT molecular complexity index is 761. The van der Waals surface area contributed by atoms with Gasteiger partial charge in [0.1, 0.15) is 0 Å². The summed E-state index contributed by atoms with van der Waals surface area (Å²) in [5.74, 6) is -0.601. The molecule has 5 nitrogen and oxygen atoms in total. The zero-order valence-electron chi connectivity index (χ0n) is 27.3. The number of carbonyl (C=O) groups is 2. The molecule has 7 heteroatoms. The SMILES string of the molecule is C=CC(=O)OCCC[Si](O[Si](CCCOC(=O)C=C)(C1CCCCC1)C1CCCCC1)(C1CCCCC1)C1CCCCC1. The zero-order chi connectivity index (χ0) is 30.4. The van der Waals surface area contributed by atoms with Gasteiger partial charge in [-0.05, 0) is 47.1 Å². The highest BCUT2D eigenvalue weighted by molar-refractivity contribution is 6.90. The topological polar surface area (TPSA) is 61.8 Å². The number of carbonyl (C=O) groups excluding carboxylic acids is 2. The van der Waals surface area contributed by atoms with Crippen LogP contribution in [0.15, 0.2) is 25.3 Å². The van der Waals surface area contributed by atoms with E-state index in [4.69, 9.17) is 13.6 Å². The Balaban J connectivity index is 1.74. The summed E-state index contributed by atoms with van der Waals surface area (Å²) in [7, 11) is -4.50. The van der Waals surface area contributed by atoms with Gasteiger partial charge in [-0.2, -0.15) is 0 Å². The Labute approximate surface area is 265 Å². The third kappa shape index (κ3) is 9.41. The molecule has 4 fully saturated rings. The first kappa shape index (κ1) is 34.7. The van der Waals surface area contributed by atoms with Gasteiger partial charge in [0.2, 0.25) is 0 Å². The van der Waals surface area contributed by atoms with Crippen molar-refractivity contribution in [3.63, 3.8) is 0 Å². The van der Waals surface area contributed by atoms with E-state index in [0.717, 1.165) is 47.1 Å². The molecule has 0 spiro atoms. The first-order chi connectivity index (χ1) is 21.0.